The van der Waals surface area contributed by atoms with Crippen molar-refractivity contribution in [3.63, 3.8) is 0 Å². The fourth-order valence-corrected chi connectivity index (χ4v) is 4.47. The number of carbonyl (C=O) groups is 1. The zero-order valence-electron chi connectivity index (χ0n) is 17.8. The molecule has 0 aliphatic rings. The molecular weight excluding hydrogens is 412 g/mol. The molecule has 0 atom stereocenters. The van der Waals surface area contributed by atoms with Gasteiger partial charge >= 0.3 is 0 Å². The van der Waals surface area contributed by atoms with Crippen LogP contribution in [0.2, 0.25) is 0 Å². The van der Waals surface area contributed by atoms with Crippen molar-refractivity contribution in [3.05, 3.63) is 89.0 Å². The van der Waals surface area contributed by atoms with Crippen LogP contribution in [0.4, 0.5) is 5.69 Å². The number of nitrogens with one attached hydrogen (secondary N) is 2. The Bertz CT molecular complexity index is 1180. The Hall–Kier alpha value is -3.32. The number of ether oxygens (including phenoxy) is 1. The molecule has 6 nitrogen and oxygen atoms in total. The highest BCUT2D eigenvalue weighted by atomic mass is 32.2. The molecule has 162 valence electrons. The van der Waals surface area contributed by atoms with Gasteiger partial charge in [-0.25, -0.2) is 8.42 Å². The van der Waals surface area contributed by atoms with Crippen molar-refractivity contribution in [1.29, 1.82) is 0 Å². The van der Waals surface area contributed by atoms with Crippen LogP contribution in [-0.2, 0) is 10.0 Å². The highest BCUT2D eigenvalue weighted by molar-refractivity contribution is 7.92. The third-order valence-electron chi connectivity index (χ3n) is 4.74. The van der Waals surface area contributed by atoms with E-state index in [1.807, 2.05) is 32.0 Å². The molecule has 3 aromatic carbocycles. The zero-order chi connectivity index (χ0) is 22.4. The van der Waals surface area contributed by atoms with Crippen LogP contribution >= 0.6 is 0 Å². The summed E-state index contributed by atoms with van der Waals surface area (Å²) in [4.78, 5) is 12.6. The molecule has 0 aromatic heterocycles. The molecule has 0 aliphatic carbocycles. The van der Waals surface area contributed by atoms with Gasteiger partial charge in [0, 0.05) is 11.3 Å². The lowest BCUT2D eigenvalue weighted by Gasteiger charge is -2.13. The molecule has 31 heavy (non-hydrogen) atoms. The summed E-state index contributed by atoms with van der Waals surface area (Å²) < 4.78 is 33.9. The SMILES string of the molecule is Cc1ccc(OCCNC(=O)c2ccc(C)c(S(=O)(=O)Nc3ccccc3)c2)c(C)c1. The average molecular weight is 439 g/mol. The smallest absolute Gasteiger partial charge is 0.262 e. The van der Waals surface area contributed by atoms with Crippen LogP contribution in [0.25, 0.3) is 0 Å². The number of anilines is 1. The Morgan fingerprint density at radius 3 is 2.35 bits per heavy atom. The standard InChI is InChI=1S/C24H26N2O4S/c1-17-9-12-22(19(3)15-17)30-14-13-25-24(27)20-11-10-18(2)23(16-20)31(28,29)26-21-7-5-4-6-8-21/h4-12,15-16,26H,13-14H2,1-3H3,(H,25,27). The summed E-state index contributed by atoms with van der Waals surface area (Å²) in [6.45, 7) is 6.28. The van der Waals surface area contributed by atoms with E-state index in [0.29, 0.717) is 24.4 Å². The summed E-state index contributed by atoms with van der Waals surface area (Å²) in [6, 6.07) is 19.2. The number of aryl methyl sites for hydroxylation is 3. The van der Waals surface area contributed by atoms with Gasteiger partial charge in [-0.3, -0.25) is 9.52 Å². The Morgan fingerprint density at radius 1 is 0.903 bits per heavy atom. The normalized spacial score (nSPS) is 11.1. The third-order valence-corrected chi connectivity index (χ3v) is 6.26. The molecule has 0 heterocycles. The Morgan fingerprint density at radius 2 is 1.65 bits per heavy atom. The molecule has 0 radical (unpaired) electrons. The number of rotatable bonds is 8. The van der Waals surface area contributed by atoms with Crippen LogP contribution in [0.15, 0.2) is 71.6 Å². The summed E-state index contributed by atoms with van der Waals surface area (Å²) in [5.74, 6) is 0.413. The van der Waals surface area contributed by atoms with Gasteiger partial charge < -0.3 is 10.1 Å². The van der Waals surface area contributed by atoms with E-state index in [2.05, 4.69) is 10.0 Å². The van der Waals surface area contributed by atoms with Crippen molar-refractivity contribution in [1.82, 2.24) is 5.32 Å². The van der Waals surface area contributed by atoms with Crippen LogP contribution < -0.4 is 14.8 Å². The molecule has 0 saturated carbocycles. The van der Waals surface area contributed by atoms with Gasteiger partial charge in [0.1, 0.15) is 12.4 Å². The number of amides is 1. The summed E-state index contributed by atoms with van der Waals surface area (Å²) >= 11 is 0. The van der Waals surface area contributed by atoms with E-state index in [1.165, 1.54) is 6.07 Å². The van der Waals surface area contributed by atoms with Crippen LogP contribution in [0.5, 0.6) is 5.75 Å². The number of sulfonamides is 1. The van der Waals surface area contributed by atoms with E-state index >= 15 is 0 Å². The summed E-state index contributed by atoms with van der Waals surface area (Å²) in [5, 5.41) is 2.77. The molecule has 3 rings (SSSR count). The lowest BCUT2D eigenvalue weighted by Crippen LogP contribution is -2.28. The molecular formula is C24H26N2O4S. The van der Waals surface area contributed by atoms with E-state index in [9.17, 15) is 13.2 Å². The lowest BCUT2D eigenvalue weighted by molar-refractivity contribution is 0.0946. The molecule has 2 N–H and O–H groups in total. The first kappa shape index (κ1) is 22.4. The van der Waals surface area contributed by atoms with Crippen LogP contribution in [-0.4, -0.2) is 27.5 Å². The minimum absolute atomic E-state index is 0.0653. The summed E-state index contributed by atoms with van der Waals surface area (Å²) in [5.41, 5.74) is 3.47. The Balaban J connectivity index is 1.64. The van der Waals surface area contributed by atoms with Crippen molar-refractivity contribution >= 4 is 21.6 Å². The average Bonchev–Trinajstić information content (AvgIpc) is 2.73. The van der Waals surface area contributed by atoms with Crippen molar-refractivity contribution < 1.29 is 17.9 Å². The number of carbonyl (C=O) groups excluding carboxylic acids is 1. The second-order valence-electron chi connectivity index (χ2n) is 7.33. The van der Waals surface area contributed by atoms with E-state index in [4.69, 9.17) is 4.74 Å². The largest absolute Gasteiger partial charge is 0.491 e. The number of para-hydroxylation sites is 1. The first-order valence-corrected chi connectivity index (χ1v) is 11.4. The van der Waals surface area contributed by atoms with Crippen molar-refractivity contribution in [3.8, 4) is 5.75 Å². The molecule has 0 spiro atoms. The highest BCUT2D eigenvalue weighted by Gasteiger charge is 2.19. The maximum absolute atomic E-state index is 12.8. The van der Waals surface area contributed by atoms with Crippen LogP contribution in [0.1, 0.15) is 27.0 Å². The number of hydrogen-bond acceptors (Lipinski definition) is 4. The van der Waals surface area contributed by atoms with Gasteiger partial charge in [0.15, 0.2) is 0 Å². The lowest BCUT2D eigenvalue weighted by atomic mass is 10.1. The predicted molar refractivity (Wildman–Crippen MR) is 122 cm³/mol. The molecule has 0 unspecified atom stereocenters. The molecule has 0 saturated heterocycles. The maximum Gasteiger partial charge on any atom is 0.262 e. The minimum atomic E-state index is -3.82. The first-order valence-electron chi connectivity index (χ1n) is 9.93. The maximum atomic E-state index is 12.8. The van der Waals surface area contributed by atoms with Gasteiger partial charge in [-0.1, -0.05) is 42.0 Å². The highest BCUT2D eigenvalue weighted by Crippen LogP contribution is 2.21. The van der Waals surface area contributed by atoms with Gasteiger partial charge in [-0.15, -0.1) is 0 Å². The quantitative estimate of drug-likeness (QED) is 0.516. The Kier molecular flexibility index (Phi) is 6.97. The molecule has 7 heteroatoms. The second kappa shape index (κ2) is 9.66. The third kappa shape index (κ3) is 5.86. The van der Waals surface area contributed by atoms with Gasteiger partial charge in [0.2, 0.25) is 0 Å². The second-order valence-corrected chi connectivity index (χ2v) is 8.98. The van der Waals surface area contributed by atoms with E-state index in [0.717, 1.165) is 16.9 Å². The molecule has 1 amide bonds. The van der Waals surface area contributed by atoms with Gasteiger partial charge in [0.25, 0.3) is 15.9 Å². The fourth-order valence-electron chi connectivity index (χ4n) is 3.14. The van der Waals surface area contributed by atoms with E-state index < -0.39 is 10.0 Å². The molecule has 0 fully saturated rings. The first-order chi connectivity index (χ1) is 14.8. The molecule has 3 aromatic rings. The monoisotopic (exact) mass is 438 g/mol. The van der Waals surface area contributed by atoms with Crippen molar-refractivity contribution in [2.45, 2.75) is 25.7 Å². The Labute approximate surface area is 183 Å². The van der Waals surface area contributed by atoms with Gasteiger partial charge in [-0.2, -0.15) is 0 Å². The predicted octanol–water partition coefficient (Wildman–Crippen LogP) is 4.22. The topological polar surface area (TPSA) is 84.5 Å². The van der Waals surface area contributed by atoms with Crippen LogP contribution in [0, 0.1) is 20.8 Å². The van der Waals surface area contributed by atoms with Gasteiger partial charge in [0.05, 0.1) is 11.4 Å². The van der Waals surface area contributed by atoms with Crippen molar-refractivity contribution in [2.24, 2.45) is 0 Å². The van der Waals surface area contributed by atoms with E-state index in [1.54, 1.807) is 49.4 Å². The summed E-state index contributed by atoms with van der Waals surface area (Å²) in [7, 11) is -3.82. The molecule has 0 bridgehead atoms. The van der Waals surface area contributed by atoms with Crippen molar-refractivity contribution in [2.75, 3.05) is 17.9 Å². The fraction of sp³-hybridized carbons (Fsp3) is 0.208. The molecule has 0 aliphatic heterocycles. The number of benzene rings is 3. The minimum Gasteiger partial charge on any atom is -0.491 e. The zero-order valence-corrected chi connectivity index (χ0v) is 18.6. The number of hydrogen-bond donors (Lipinski definition) is 2. The van der Waals surface area contributed by atoms with Crippen LogP contribution in [0.3, 0.4) is 0 Å². The summed E-state index contributed by atoms with van der Waals surface area (Å²) in [6.07, 6.45) is 0. The van der Waals surface area contributed by atoms with Gasteiger partial charge in [-0.05, 0) is 62.2 Å². The van der Waals surface area contributed by atoms with E-state index in [-0.39, 0.29) is 16.4 Å².